The number of amides is 1. The van der Waals surface area contributed by atoms with Crippen molar-refractivity contribution in [3.63, 3.8) is 0 Å². The highest BCUT2D eigenvalue weighted by atomic mass is 35.5. The molecule has 27 heavy (non-hydrogen) atoms. The van der Waals surface area contributed by atoms with Crippen LogP contribution in [-0.2, 0) is 4.79 Å². The first-order valence-corrected chi connectivity index (χ1v) is 8.69. The Morgan fingerprint density at radius 1 is 0.926 bits per heavy atom. The van der Waals surface area contributed by atoms with Gasteiger partial charge in [0.05, 0.1) is 11.9 Å². The van der Waals surface area contributed by atoms with E-state index in [-0.39, 0.29) is 12.5 Å². The number of halogens is 1. The van der Waals surface area contributed by atoms with Gasteiger partial charge < -0.3 is 10.1 Å². The summed E-state index contributed by atoms with van der Waals surface area (Å²) in [6.07, 6.45) is 1.69. The number of anilines is 2. The fourth-order valence-corrected chi connectivity index (χ4v) is 2.35. The van der Waals surface area contributed by atoms with Gasteiger partial charge in [0.1, 0.15) is 5.75 Å². The van der Waals surface area contributed by atoms with Crippen LogP contribution in [0.1, 0.15) is 5.56 Å². The molecule has 5 nitrogen and oxygen atoms in total. The molecule has 3 aromatic rings. The lowest BCUT2D eigenvalue weighted by atomic mass is 10.2. The van der Waals surface area contributed by atoms with Crippen LogP contribution in [0.5, 0.6) is 5.75 Å². The molecule has 0 aromatic heterocycles. The summed E-state index contributed by atoms with van der Waals surface area (Å²) in [5, 5.41) is 7.62. The van der Waals surface area contributed by atoms with E-state index in [4.69, 9.17) is 16.3 Å². The maximum atomic E-state index is 11.9. The zero-order chi connectivity index (χ0) is 18.9. The molecule has 0 aliphatic carbocycles. The zero-order valence-corrected chi connectivity index (χ0v) is 15.2. The number of nitrogens with zero attached hydrogens (tertiary/aromatic N) is 1. The van der Waals surface area contributed by atoms with Crippen LogP contribution in [0.4, 0.5) is 11.4 Å². The predicted octanol–water partition coefficient (Wildman–Crippen LogP) is 4.80. The Morgan fingerprint density at radius 2 is 1.63 bits per heavy atom. The first kappa shape index (κ1) is 18.5. The van der Waals surface area contributed by atoms with E-state index < -0.39 is 0 Å². The standard InChI is InChI=1S/C21H18ClN3O2/c22-17-8-10-19(11-9-17)25-23-14-16-6-12-20(13-7-16)27-15-21(26)24-18-4-2-1-3-5-18/h1-14,25H,15H2,(H,24,26). The number of hydrogen-bond donors (Lipinski definition) is 2. The average molecular weight is 380 g/mol. The number of para-hydroxylation sites is 1. The first-order valence-electron chi connectivity index (χ1n) is 8.31. The van der Waals surface area contributed by atoms with Gasteiger partial charge in [0, 0.05) is 10.7 Å². The summed E-state index contributed by atoms with van der Waals surface area (Å²) in [5.41, 5.74) is 5.41. The molecule has 0 saturated carbocycles. The van der Waals surface area contributed by atoms with Crippen molar-refractivity contribution in [3.05, 3.63) is 89.4 Å². The number of carbonyl (C=O) groups excluding carboxylic acids is 1. The molecule has 0 fully saturated rings. The van der Waals surface area contributed by atoms with E-state index in [9.17, 15) is 4.79 Å². The molecule has 2 N–H and O–H groups in total. The molecule has 3 aromatic carbocycles. The van der Waals surface area contributed by atoms with Gasteiger partial charge in [-0.15, -0.1) is 0 Å². The monoisotopic (exact) mass is 379 g/mol. The van der Waals surface area contributed by atoms with Crippen molar-refractivity contribution < 1.29 is 9.53 Å². The van der Waals surface area contributed by atoms with Gasteiger partial charge in [-0.05, 0) is 66.2 Å². The van der Waals surface area contributed by atoms with Crippen molar-refractivity contribution in [1.29, 1.82) is 0 Å². The van der Waals surface area contributed by atoms with Crippen molar-refractivity contribution in [2.24, 2.45) is 5.10 Å². The third-order valence-corrected chi connectivity index (χ3v) is 3.81. The average Bonchev–Trinajstić information content (AvgIpc) is 2.70. The smallest absolute Gasteiger partial charge is 0.262 e. The number of carbonyl (C=O) groups is 1. The lowest BCUT2D eigenvalue weighted by molar-refractivity contribution is -0.118. The van der Waals surface area contributed by atoms with Crippen molar-refractivity contribution >= 4 is 35.1 Å². The van der Waals surface area contributed by atoms with Crippen molar-refractivity contribution in [2.75, 3.05) is 17.3 Å². The molecule has 0 saturated heterocycles. The quantitative estimate of drug-likeness (QED) is 0.457. The van der Waals surface area contributed by atoms with Crippen LogP contribution in [0.25, 0.3) is 0 Å². The summed E-state index contributed by atoms with van der Waals surface area (Å²) in [7, 11) is 0. The topological polar surface area (TPSA) is 62.7 Å². The molecule has 0 aliphatic rings. The summed E-state index contributed by atoms with van der Waals surface area (Å²) in [5.74, 6) is 0.403. The van der Waals surface area contributed by atoms with Gasteiger partial charge in [0.2, 0.25) is 0 Å². The maximum Gasteiger partial charge on any atom is 0.262 e. The van der Waals surface area contributed by atoms with E-state index in [0.717, 1.165) is 16.9 Å². The predicted molar refractivity (Wildman–Crippen MR) is 110 cm³/mol. The number of hydrazone groups is 1. The second kappa shape index (κ2) is 9.40. The van der Waals surface area contributed by atoms with E-state index in [1.165, 1.54) is 0 Å². The van der Waals surface area contributed by atoms with Gasteiger partial charge in [-0.1, -0.05) is 29.8 Å². The summed E-state index contributed by atoms with van der Waals surface area (Å²) >= 11 is 5.84. The molecule has 0 radical (unpaired) electrons. The Hall–Kier alpha value is -3.31. The van der Waals surface area contributed by atoms with E-state index in [1.54, 1.807) is 30.5 Å². The minimum atomic E-state index is -0.209. The van der Waals surface area contributed by atoms with Gasteiger partial charge in [-0.3, -0.25) is 10.2 Å². The summed E-state index contributed by atoms with van der Waals surface area (Å²) < 4.78 is 5.50. The molecular formula is C21H18ClN3O2. The Morgan fingerprint density at radius 3 is 2.33 bits per heavy atom. The van der Waals surface area contributed by atoms with Crippen LogP contribution in [0.3, 0.4) is 0 Å². The molecule has 0 heterocycles. The molecule has 1 amide bonds. The minimum absolute atomic E-state index is 0.0551. The number of hydrogen-bond acceptors (Lipinski definition) is 4. The van der Waals surface area contributed by atoms with Crippen LogP contribution in [-0.4, -0.2) is 18.7 Å². The highest BCUT2D eigenvalue weighted by Crippen LogP contribution is 2.14. The third-order valence-electron chi connectivity index (χ3n) is 3.56. The highest BCUT2D eigenvalue weighted by Gasteiger charge is 2.03. The molecule has 3 rings (SSSR count). The summed E-state index contributed by atoms with van der Waals surface area (Å²) in [6, 6.07) is 23.8. The molecule has 0 bridgehead atoms. The lowest BCUT2D eigenvalue weighted by Crippen LogP contribution is -2.20. The van der Waals surface area contributed by atoms with Crippen molar-refractivity contribution in [2.45, 2.75) is 0 Å². The van der Waals surface area contributed by atoms with Gasteiger partial charge in [-0.25, -0.2) is 0 Å². The third kappa shape index (κ3) is 6.17. The number of benzene rings is 3. The van der Waals surface area contributed by atoms with E-state index in [2.05, 4.69) is 15.8 Å². The number of ether oxygens (including phenoxy) is 1. The van der Waals surface area contributed by atoms with Gasteiger partial charge in [-0.2, -0.15) is 5.10 Å². The Balaban J connectivity index is 1.46. The second-order valence-corrected chi connectivity index (χ2v) is 6.09. The summed E-state index contributed by atoms with van der Waals surface area (Å²) in [6.45, 7) is -0.0551. The van der Waals surface area contributed by atoms with E-state index >= 15 is 0 Å². The number of nitrogens with one attached hydrogen (secondary N) is 2. The first-order chi connectivity index (χ1) is 13.2. The zero-order valence-electron chi connectivity index (χ0n) is 14.4. The van der Waals surface area contributed by atoms with E-state index in [0.29, 0.717) is 10.8 Å². The molecule has 0 atom stereocenters. The van der Waals surface area contributed by atoms with E-state index in [1.807, 2.05) is 54.6 Å². The molecule has 6 heteroatoms. The van der Waals surface area contributed by atoms with Crippen molar-refractivity contribution in [1.82, 2.24) is 0 Å². The second-order valence-electron chi connectivity index (χ2n) is 5.65. The Bertz CT molecular complexity index is 895. The SMILES string of the molecule is O=C(COc1ccc(C=NNc2ccc(Cl)cc2)cc1)Nc1ccccc1. The van der Waals surface area contributed by atoms with Crippen molar-refractivity contribution in [3.8, 4) is 5.75 Å². The van der Waals surface area contributed by atoms with Crippen LogP contribution >= 0.6 is 11.6 Å². The fourth-order valence-electron chi connectivity index (χ4n) is 2.22. The molecule has 0 spiro atoms. The van der Waals surface area contributed by atoms with Gasteiger partial charge in [0.25, 0.3) is 5.91 Å². The van der Waals surface area contributed by atoms with Crippen LogP contribution in [0.2, 0.25) is 5.02 Å². The highest BCUT2D eigenvalue weighted by molar-refractivity contribution is 6.30. The van der Waals surface area contributed by atoms with Crippen LogP contribution in [0, 0.1) is 0 Å². The minimum Gasteiger partial charge on any atom is -0.484 e. The maximum absolute atomic E-state index is 11.9. The number of rotatable bonds is 7. The molecule has 136 valence electrons. The van der Waals surface area contributed by atoms with Crippen LogP contribution < -0.4 is 15.5 Å². The van der Waals surface area contributed by atoms with Gasteiger partial charge >= 0.3 is 0 Å². The normalized spacial score (nSPS) is 10.6. The Labute approximate surface area is 162 Å². The van der Waals surface area contributed by atoms with Crippen LogP contribution in [0.15, 0.2) is 84.0 Å². The largest absolute Gasteiger partial charge is 0.484 e. The summed E-state index contributed by atoms with van der Waals surface area (Å²) in [4.78, 5) is 11.9. The van der Waals surface area contributed by atoms with Gasteiger partial charge in [0.15, 0.2) is 6.61 Å². The molecular weight excluding hydrogens is 362 g/mol. The Kier molecular flexibility index (Phi) is 6.44. The molecule has 0 unspecified atom stereocenters. The fraction of sp³-hybridized carbons (Fsp3) is 0.0476. The molecule has 0 aliphatic heterocycles. The lowest BCUT2D eigenvalue weighted by Gasteiger charge is -2.07.